The molecule has 1 heterocycles. The van der Waals surface area contributed by atoms with E-state index in [1.165, 1.54) is 31.2 Å². The highest BCUT2D eigenvalue weighted by atomic mass is 79.9. The standard InChI is InChI=1S/C16H20BrClN2/c1-10-4-3-5-13(8-10)20-15-9-12(17)6-7-14(15)19-16(20)11(2)18/h6-7,9-11,13H,3-5,8H2,1-2H3. The largest absolute Gasteiger partial charge is 0.324 e. The van der Waals surface area contributed by atoms with E-state index in [9.17, 15) is 0 Å². The topological polar surface area (TPSA) is 17.8 Å². The van der Waals surface area contributed by atoms with Crippen molar-refractivity contribution in [3.05, 3.63) is 28.5 Å². The molecule has 108 valence electrons. The third kappa shape index (κ3) is 2.62. The molecule has 20 heavy (non-hydrogen) atoms. The van der Waals surface area contributed by atoms with Crippen molar-refractivity contribution in [3.63, 3.8) is 0 Å². The van der Waals surface area contributed by atoms with E-state index in [1.807, 2.05) is 13.0 Å². The maximum atomic E-state index is 6.38. The van der Waals surface area contributed by atoms with Gasteiger partial charge in [0.25, 0.3) is 0 Å². The Balaban J connectivity index is 2.14. The summed E-state index contributed by atoms with van der Waals surface area (Å²) < 4.78 is 3.50. The quantitative estimate of drug-likeness (QED) is 0.618. The van der Waals surface area contributed by atoms with Crippen molar-refractivity contribution in [1.29, 1.82) is 0 Å². The third-order valence-corrected chi connectivity index (χ3v) is 5.00. The van der Waals surface area contributed by atoms with Gasteiger partial charge in [-0.1, -0.05) is 35.7 Å². The number of rotatable bonds is 2. The minimum atomic E-state index is -0.0570. The molecular formula is C16H20BrClN2. The Bertz CT molecular complexity index is 620. The predicted molar refractivity (Wildman–Crippen MR) is 88.4 cm³/mol. The van der Waals surface area contributed by atoms with Crippen molar-refractivity contribution in [1.82, 2.24) is 9.55 Å². The average molecular weight is 356 g/mol. The van der Waals surface area contributed by atoms with Crippen LogP contribution in [0.2, 0.25) is 0 Å². The lowest BCUT2D eigenvalue weighted by Crippen LogP contribution is -2.19. The van der Waals surface area contributed by atoms with E-state index in [2.05, 4.69) is 39.6 Å². The van der Waals surface area contributed by atoms with Crippen molar-refractivity contribution in [3.8, 4) is 0 Å². The van der Waals surface area contributed by atoms with Gasteiger partial charge in [0.05, 0.1) is 16.4 Å². The summed E-state index contributed by atoms with van der Waals surface area (Å²) in [6.07, 6.45) is 5.11. The van der Waals surface area contributed by atoms with Gasteiger partial charge in [0.15, 0.2) is 0 Å². The molecule has 3 unspecified atom stereocenters. The van der Waals surface area contributed by atoms with Gasteiger partial charge in [-0.3, -0.25) is 0 Å². The van der Waals surface area contributed by atoms with E-state index in [4.69, 9.17) is 16.6 Å². The molecule has 1 aromatic carbocycles. The first kappa shape index (κ1) is 14.4. The number of nitrogens with zero attached hydrogens (tertiary/aromatic N) is 2. The number of hydrogen-bond acceptors (Lipinski definition) is 1. The Kier molecular flexibility index (Phi) is 4.09. The van der Waals surface area contributed by atoms with Gasteiger partial charge in [-0.15, -0.1) is 11.6 Å². The summed E-state index contributed by atoms with van der Waals surface area (Å²) >= 11 is 9.95. The Morgan fingerprint density at radius 2 is 2.20 bits per heavy atom. The van der Waals surface area contributed by atoms with Gasteiger partial charge in [-0.2, -0.15) is 0 Å². The van der Waals surface area contributed by atoms with Gasteiger partial charge in [0.1, 0.15) is 5.82 Å². The highest BCUT2D eigenvalue weighted by Gasteiger charge is 2.26. The number of benzene rings is 1. The van der Waals surface area contributed by atoms with Crippen molar-refractivity contribution in [2.24, 2.45) is 5.92 Å². The van der Waals surface area contributed by atoms with E-state index >= 15 is 0 Å². The molecule has 0 amide bonds. The number of aromatic nitrogens is 2. The van der Waals surface area contributed by atoms with Crippen LogP contribution in [-0.2, 0) is 0 Å². The van der Waals surface area contributed by atoms with Crippen LogP contribution in [-0.4, -0.2) is 9.55 Å². The molecule has 0 aliphatic heterocycles. The fourth-order valence-electron chi connectivity index (χ4n) is 3.39. The third-order valence-electron chi connectivity index (χ3n) is 4.31. The van der Waals surface area contributed by atoms with Crippen LogP contribution >= 0.6 is 27.5 Å². The SMILES string of the molecule is CC1CCCC(n2c(C(C)Cl)nc3ccc(Br)cc32)C1. The van der Waals surface area contributed by atoms with Crippen LogP contribution in [0.3, 0.4) is 0 Å². The summed E-state index contributed by atoms with van der Waals surface area (Å²) in [6, 6.07) is 6.83. The van der Waals surface area contributed by atoms with E-state index in [0.29, 0.717) is 6.04 Å². The number of halogens is 2. The van der Waals surface area contributed by atoms with Crippen LogP contribution in [0.1, 0.15) is 56.8 Å². The molecule has 0 saturated heterocycles. The average Bonchev–Trinajstić information content (AvgIpc) is 2.77. The molecule has 1 aliphatic carbocycles. The number of alkyl halides is 1. The Labute approximate surface area is 133 Å². The molecule has 0 bridgehead atoms. The molecule has 3 rings (SSSR count). The summed E-state index contributed by atoms with van der Waals surface area (Å²) in [6.45, 7) is 4.37. The van der Waals surface area contributed by atoms with Crippen molar-refractivity contribution >= 4 is 38.6 Å². The molecule has 2 nitrogen and oxygen atoms in total. The molecule has 3 atom stereocenters. The molecule has 1 aromatic heterocycles. The summed E-state index contributed by atoms with van der Waals surface area (Å²) in [5, 5.41) is -0.0570. The van der Waals surface area contributed by atoms with E-state index in [1.54, 1.807) is 0 Å². The Hall–Kier alpha value is -0.540. The maximum absolute atomic E-state index is 6.38. The van der Waals surface area contributed by atoms with Gasteiger partial charge in [0, 0.05) is 10.5 Å². The highest BCUT2D eigenvalue weighted by Crippen LogP contribution is 2.38. The Morgan fingerprint density at radius 3 is 2.90 bits per heavy atom. The first-order valence-corrected chi connectivity index (χ1v) is 8.60. The lowest BCUT2D eigenvalue weighted by atomic mass is 9.87. The summed E-state index contributed by atoms with van der Waals surface area (Å²) in [7, 11) is 0. The molecule has 0 radical (unpaired) electrons. The molecule has 0 spiro atoms. The number of hydrogen-bond donors (Lipinski definition) is 0. The monoisotopic (exact) mass is 354 g/mol. The van der Waals surface area contributed by atoms with Gasteiger partial charge >= 0.3 is 0 Å². The lowest BCUT2D eigenvalue weighted by molar-refractivity contribution is 0.282. The van der Waals surface area contributed by atoms with E-state index < -0.39 is 0 Å². The zero-order chi connectivity index (χ0) is 14.3. The second-order valence-corrected chi connectivity index (χ2v) is 7.58. The fraction of sp³-hybridized carbons (Fsp3) is 0.562. The van der Waals surface area contributed by atoms with Gasteiger partial charge in [-0.25, -0.2) is 4.98 Å². The first-order chi connectivity index (χ1) is 9.56. The smallest absolute Gasteiger partial charge is 0.127 e. The molecule has 2 aromatic rings. The van der Waals surface area contributed by atoms with Crippen molar-refractivity contribution in [2.75, 3.05) is 0 Å². The van der Waals surface area contributed by atoms with Crippen LogP contribution in [0.25, 0.3) is 11.0 Å². The lowest BCUT2D eigenvalue weighted by Gasteiger charge is -2.30. The minimum absolute atomic E-state index is 0.0570. The van der Waals surface area contributed by atoms with E-state index in [-0.39, 0.29) is 5.38 Å². The van der Waals surface area contributed by atoms with Crippen LogP contribution in [0.15, 0.2) is 22.7 Å². The molecule has 1 fully saturated rings. The van der Waals surface area contributed by atoms with Crippen LogP contribution in [0, 0.1) is 5.92 Å². The molecule has 1 saturated carbocycles. The van der Waals surface area contributed by atoms with Gasteiger partial charge < -0.3 is 4.57 Å². The van der Waals surface area contributed by atoms with Gasteiger partial charge in [-0.05, 0) is 43.9 Å². The maximum Gasteiger partial charge on any atom is 0.127 e. The summed E-state index contributed by atoms with van der Waals surface area (Å²) in [5.41, 5.74) is 2.26. The molecule has 0 N–H and O–H groups in total. The van der Waals surface area contributed by atoms with Crippen LogP contribution in [0.4, 0.5) is 0 Å². The van der Waals surface area contributed by atoms with E-state index in [0.717, 1.165) is 21.7 Å². The zero-order valence-corrected chi connectivity index (χ0v) is 14.3. The second kappa shape index (κ2) is 5.69. The Morgan fingerprint density at radius 1 is 1.40 bits per heavy atom. The zero-order valence-electron chi connectivity index (χ0n) is 11.9. The van der Waals surface area contributed by atoms with Crippen molar-refractivity contribution < 1.29 is 0 Å². The number of fused-ring (bicyclic) bond motifs is 1. The molecule has 4 heteroatoms. The first-order valence-electron chi connectivity index (χ1n) is 7.37. The second-order valence-electron chi connectivity index (χ2n) is 6.01. The fourth-order valence-corrected chi connectivity index (χ4v) is 3.89. The predicted octanol–water partition coefficient (Wildman–Crippen LogP) is 5.85. The normalized spacial score (nSPS) is 25.0. The van der Waals surface area contributed by atoms with Crippen LogP contribution in [0.5, 0.6) is 0 Å². The summed E-state index contributed by atoms with van der Waals surface area (Å²) in [4.78, 5) is 4.76. The van der Waals surface area contributed by atoms with Crippen molar-refractivity contribution in [2.45, 2.75) is 50.9 Å². The molecule has 1 aliphatic rings. The molecular weight excluding hydrogens is 336 g/mol. The summed E-state index contributed by atoms with van der Waals surface area (Å²) in [5.74, 6) is 1.80. The van der Waals surface area contributed by atoms with Gasteiger partial charge in [0.2, 0.25) is 0 Å². The highest BCUT2D eigenvalue weighted by molar-refractivity contribution is 9.10. The van der Waals surface area contributed by atoms with Crippen LogP contribution < -0.4 is 0 Å². The minimum Gasteiger partial charge on any atom is -0.324 e. The number of imidazole rings is 1.